The van der Waals surface area contributed by atoms with Crippen molar-refractivity contribution in [1.82, 2.24) is 4.90 Å². The van der Waals surface area contributed by atoms with Crippen molar-refractivity contribution >= 4 is 21.7 Å². The van der Waals surface area contributed by atoms with Gasteiger partial charge in [-0.25, -0.2) is 8.42 Å². The Bertz CT molecular complexity index is 452. The van der Waals surface area contributed by atoms with Crippen LogP contribution in [0.25, 0.3) is 0 Å². The fourth-order valence-corrected chi connectivity index (χ4v) is 4.42. The van der Waals surface area contributed by atoms with Gasteiger partial charge in [0.2, 0.25) is 5.91 Å². The summed E-state index contributed by atoms with van der Waals surface area (Å²) in [5.41, 5.74) is 0. The summed E-state index contributed by atoms with van der Waals surface area (Å²) in [4.78, 5) is 23.9. The van der Waals surface area contributed by atoms with E-state index in [0.29, 0.717) is 19.5 Å². The Morgan fingerprint density at radius 3 is 2.33 bits per heavy atom. The largest absolute Gasteiger partial charge is 0.481 e. The second-order valence-corrected chi connectivity index (χ2v) is 7.46. The molecular formula is C11H17NO5S. The molecule has 2 aliphatic heterocycles. The van der Waals surface area contributed by atoms with E-state index in [-0.39, 0.29) is 42.1 Å². The van der Waals surface area contributed by atoms with Crippen LogP contribution in [0.2, 0.25) is 0 Å². The number of carboxylic acid groups (broad SMARTS) is 1. The van der Waals surface area contributed by atoms with Gasteiger partial charge in [-0.2, -0.15) is 0 Å². The number of sulfone groups is 1. The maximum absolute atomic E-state index is 11.8. The minimum Gasteiger partial charge on any atom is -0.481 e. The van der Waals surface area contributed by atoms with Crippen LogP contribution in [0.15, 0.2) is 0 Å². The van der Waals surface area contributed by atoms with Gasteiger partial charge in [0.15, 0.2) is 9.84 Å². The van der Waals surface area contributed by atoms with Gasteiger partial charge in [-0.05, 0) is 12.3 Å². The first-order valence-electron chi connectivity index (χ1n) is 6.06. The first-order chi connectivity index (χ1) is 8.35. The zero-order chi connectivity index (χ0) is 13.3. The molecule has 0 saturated carbocycles. The van der Waals surface area contributed by atoms with Gasteiger partial charge < -0.3 is 10.0 Å². The van der Waals surface area contributed by atoms with E-state index >= 15 is 0 Å². The van der Waals surface area contributed by atoms with Crippen LogP contribution < -0.4 is 0 Å². The summed E-state index contributed by atoms with van der Waals surface area (Å²) in [7, 11) is -2.93. The van der Waals surface area contributed by atoms with E-state index in [1.165, 1.54) is 0 Å². The quantitative estimate of drug-likeness (QED) is 0.763. The van der Waals surface area contributed by atoms with Crippen LogP contribution in [0.5, 0.6) is 0 Å². The molecule has 1 N–H and O–H groups in total. The summed E-state index contributed by atoms with van der Waals surface area (Å²) in [5, 5.41) is 8.59. The number of nitrogens with zero attached hydrogens (tertiary/aromatic N) is 1. The topological polar surface area (TPSA) is 91.8 Å². The van der Waals surface area contributed by atoms with Crippen molar-refractivity contribution in [1.29, 1.82) is 0 Å². The minimum atomic E-state index is -2.93. The number of carbonyl (C=O) groups excluding carboxylic acids is 1. The van der Waals surface area contributed by atoms with Crippen molar-refractivity contribution in [2.24, 2.45) is 11.8 Å². The summed E-state index contributed by atoms with van der Waals surface area (Å²) in [6, 6.07) is 0. The highest BCUT2D eigenvalue weighted by atomic mass is 32.2. The smallest absolute Gasteiger partial charge is 0.303 e. The maximum Gasteiger partial charge on any atom is 0.303 e. The molecule has 102 valence electrons. The molecule has 0 aliphatic carbocycles. The van der Waals surface area contributed by atoms with E-state index in [1.54, 1.807) is 4.90 Å². The van der Waals surface area contributed by atoms with E-state index < -0.39 is 15.8 Å². The molecule has 2 heterocycles. The zero-order valence-corrected chi connectivity index (χ0v) is 10.9. The second-order valence-electron chi connectivity index (χ2n) is 5.24. The molecule has 1 unspecified atom stereocenters. The fraction of sp³-hybridized carbons (Fsp3) is 0.818. The van der Waals surface area contributed by atoms with Gasteiger partial charge in [0, 0.05) is 25.4 Å². The number of rotatable bonds is 4. The van der Waals surface area contributed by atoms with Gasteiger partial charge in [-0.1, -0.05) is 0 Å². The van der Waals surface area contributed by atoms with Gasteiger partial charge >= 0.3 is 5.97 Å². The Labute approximate surface area is 106 Å². The monoisotopic (exact) mass is 275 g/mol. The lowest BCUT2D eigenvalue weighted by molar-refractivity contribution is -0.145. The molecule has 1 atom stereocenters. The standard InChI is InChI=1S/C11H17NO5S/c13-10(3-8-1-2-18(16,17)7-8)12-5-9(6-12)4-11(14)15/h8-9H,1-7H2,(H,14,15). The third-order valence-electron chi connectivity index (χ3n) is 3.56. The van der Waals surface area contributed by atoms with Crippen LogP contribution in [0.4, 0.5) is 0 Å². The Balaban J connectivity index is 1.73. The molecule has 1 amide bonds. The van der Waals surface area contributed by atoms with Crippen LogP contribution in [-0.2, 0) is 19.4 Å². The highest BCUT2D eigenvalue weighted by Gasteiger charge is 2.35. The lowest BCUT2D eigenvalue weighted by Crippen LogP contribution is -2.51. The lowest BCUT2D eigenvalue weighted by Gasteiger charge is -2.39. The summed E-state index contributed by atoms with van der Waals surface area (Å²) >= 11 is 0. The molecule has 18 heavy (non-hydrogen) atoms. The van der Waals surface area contributed by atoms with Crippen LogP contribution in [0.3, 0.4) is 0 Å². The summed E-state index contributed by atoms with van der Waals surface area (Å²) in [5.74, 6) is -0.579. The fourth-order valence-electron chi connectivity index (χ4n) is 2.56. The lowest BCUT2D eigenvalue weighted by atomic mass is 9.94. The SMILES string of the molecule is O=C(O)CC1CN(C(=O)CC2CCS(=O)(=O)C2)C1. The molecule has 6 nitrogen and oxygen atoms in total. The van der Waals surface area contributed by atoms with Gasteiger partial charge in [0.05, 0.1) is 17.9 Å². The first-order valence-corrected chi connectivity index (χ1v) is 7.88. The molecule has 0 aromatic carbocycles. The van der Waals surface area contributed by atoms with Crippen LogP contribution in [0, 0.1) is 11.8 Å². The number of likely N-dealkylation sites (tertiary alicyclic amines) is 1. The summed E-state index contributed by atoms with van der Waals surface area (Å²) in [6.45, 7) is 0.981. The highest BCUT2D eigenvalue weighted by molar-refractivity contribution is 7.91. The van der Waals surface area contributed by atoms with Crippen LogP contribution in [-0.4, -0.2) is 54.9 Å². The highest BCUT2D eigenvalue weighted by Crippen LogP contribution is 2.25. The van der Waals surface area contributed by atoms with Gasteiger partial charge in [-0.15, -0.1) is 0 Å². The van der Waals surface area contributed by atoms with Crippen molar-refractivity contribution < 1.29 is 23.1 Å². The average molecular weight is 275 g/mol. The number of hydrogen-bond donors (Lipinski definition) is 1. The molecule has 2 aliphatic rings. The van der Waals surface area contributed by atoms with Crippen LogP contribution >= 0.6 is 0 Å². The van der Waals surface area contributed by atoms with Crippen molar-refractivity contribution in [3.8, 4) is 0 Å². The van der Waals surface area contributed by atoms with Crippen LogP contribution in [0.1, 0.15) is 19.3 Å². The molecular weight excluding hydrogens is 258 g/mol. The minimum absolute atomic E-state index is 0.0428. The maximum atomic E-state index is 11.8. The molecule has 0 bridgehead atoms. The molecule has 0 radical (unpaired) electrons. The average Bonchev–Trinajstić information content (AvgIpc) is 2.50. The molecule has 2 rings (SSSR count). The van der Waals surface area contributed by atoms with E-state index in [0.717, 1.165) is 0 Å². The van der Waals surface area contributed by atoms with E-state index in [9.17, 15) is 18.0 Å². The zero-order valence-electron chi connectivity index (χ0n) is 10.0. The third kappa shape index (κ3) is 3.22. The molecule has 2 saturated heterocycles. The van der Waals surface area contributed by atoms with Gasteiger partial charge in [0.1, 0.15) is 0 Å². The second kappa shape index (κ2) is 4.87. The Morgan fingerprint density at radius 2 is 1.83 bits per heavy atom. The Kier molecular flexibility index (Phi) is 3.61. The van der Waals surface area contributed by atoms with E-state index in [2.05, 4.69) is 0 Å². The molecule has 0 aromatic heterocycles. The summed E-state index contributed by atoms with van der Waals surface area (Å²) < 4.78 is 22.5. The third-order valence-corrected chi connectivity index (χ3v) is 5.40. The van der Waals surface area contributed by atoms with Crippen molar-refractivity contribution in [2.75, 3.05) is 24.6 Å². The number of aliphatic carboxylic acids is 1. The first kappa shape index (κ1) is 13.3. The predicted molar refractivity (Wildman–Crippen MR) is 63.7 cm³/mol. The molecule has 2 fully saturated rings. The Hall–Kier alpha value is -1.11. The van der Waals surface area contributed by atoms with E-state index in [4.69, 9.17) is 5.11 Å². The number of amides is 1. The Morgan fingerprint density at radius 1 is 1.17 bits per heavy atom. The van der Waals surface area contributed by atoms with E-state index in [1.807, 2.05) is 0 Å². The van der Waals surface area contributed by atoms with Crippen molar-refractivity contribution in [3.05, 3.63) is 0 Å². The van der Waals surface area contributed by atoms with Gasteiger partial charge in [-0.3, -0.25) is 9.59 Å². The molecule has 7 heteroatoms. The number of carbonyl (C=O) groups is 2. The number of carboxylic acids is 1. The molecule has 0 aromatic rings. The normalized spacial score (nSPS) is 26.9. The van der Waals surface area contributed by atoms with Crippen molar-refractivity contribution in [2.45, 2.75) is 19.3 Å². The predicted octanol–water partition coefficient (Wildman–Crippen LogP) is -0.256. The molecule has 0 spiro atoms. The van der Waals surface area contributed by atoms with Gasteiger partial charge in [0.25, 0.3) is 0 Å². The van der Waals surface area contributed by atoms with Crippen molar-refractivity contribution in [3.63, 3.8) is 0 Å². The summed E-state index contributed by atoms with van der Waals surface area (Å²) in [6.07, 6.45) is 0.946. The number of hydrogen-bond acceptors (Lipinski definition) is 4.